The minimum absolute atomic E-state index is 0.107. The first-order valence-corrected chi connectivity index (χ1v) is 5.96. The zero-order valence-corrected chi connectivity index (χ0v) is 11.0. The Morgan fingerprint density at radius 1 is 1.52 bits per heavy atom. The van der Waals surface area contributed by atoms with Crippen LogP contribution in [0.1, 0.15) is 16.9 Å². The molecular weight excluding hydrogens is 286 g/mol. The summed E-state index contributed by atoms with van der Waals surface area (Å²) in [5.41, 5.74) is -0.181. The zero-order chi connectivity index (χ0) is 15.8. The van der Waals surface area contributed by atoms with Crippen LogP contribution in [-0.4, -0.2) is 41.0 Å². The van der Waals surface area contributed by atoms with Crippen LogP contribution in [0.2, 0.25) is 0 Å². The van der Waals surface area contributed by atoms with Crippen molar-refractivity contribution in [2.75, 3.05) is 6.61 Å². The van der Waals surface area contributed by atoms with Crippen LogP contribution in [0.25, 0.3) is 0 Å². The Morgan fingerprint density at radius 3 is 2.81 bits per heavy atom. The molecule has 1 unspecified atom stereocenters. The summed E-state index contributed by atoms with van der Waals surface area (Å²) in [7, 11) is 0. The van der Waals surface area contributed by atoms with Gasteiger partial charge in [-0.3, -0.25) is 4.79 Å². The second kappa shape index (κ2) is 7.93. The molecule has 1 rings (SSSR count). The van der Waals surface area contributed by atoms with Crippen LogP contribution in [0.4, 0.5) is 8.78 Å². The summed E-state index contributed by atoms with van der Waals surface area (Å²) < 4.78 is 29.7. The number of halogens is 2. The van der Waals surface area contributed by atoms with Crippen LogP contribution >= 0.6 is 0 Å². The van der Waals surface area contributed by atoms with E-state index in [0.717, 1.165) is 0 Å². The van der Waals surface area contributed by atoms with E-state index in [1.165, 1.54) is 24.4 Å². The molecule has 114 valence electrons. The molecule has 0 aromatic carbocycles. The van der Waals surface area contributed by atoms with Gasteiger partial charge in [-0.1, -0.05) is 12.7 Å². The van der Waals surface area contributed by atoms with E-state index in [9.17, 15) is 18.4 Å². The van der Waals surface area contributed by atoms with Crippen LogP contribution in [0, 0.1) is 0 Å². The number of hydrogen-bond acceptors (Lipinski definition) is 4. The number of hydrogen-bond donors (Lipinski definition) is 2. The van der Waals surface area contributed by atoms with Gasteiger partial charge in [0.15, 0.2) is 11.4 Å². The van der Waals surface area contributed by atoms with Crippen molar-refractivity contribution in [3.05, 3.63) is 36.7 Å². The molecule has 1 amide bonds. The molecule has 0 aliphatic carbocycles. The first-order chi connectivity index (χ1) is 9.95. The van der Waals surface area contributed by atoms with Gasteiger partial charge in [-0.05, 0) is 12.1 Å². The van der Waals surface area contributed by atoms with Crippen LogP contribution in [0.3, 0.4) is 0 Å². The lowest BCUT2D eigenvalue weighted by molar-refractivity contribution is -0.140. The highest BCUT2D eigenvalue weighted by Crippen LogP contribution is 2.16. The fraction of sp³-hybridized carbons (Fsp3) is 0.308. The van der Waals surface area contributed by atoms with E-state index in [1.54, 1.807) is 0 Å². The normalized spacial score (nSPS) is 11.8. The van der Waals surface area contributed by atoms with Gasteiger partial charge in [-0.15, -0.1) is 0 Å². The highest BCUT2D eigenvalue weighted by Gasteiger charge is 2.26. The number of aromatic nitrogens is 1. The number of alkyl halides is 2. The Hall–Kier alpha value is -2.51. The van der Waals surface area contributed by atoms with Crippen molar-refractivity contribution in [1.82, 2.24) is 10.3 Å². The molecule has 0 radical (unpaired) electrons. The minimum Gasteiger partial charge on any atom is -0.487 e. The standard InChI is InChI=1S/C13H14F2N2O4/c1-2-6-21-9-4-3-5-16-11(9)12(18)17-8(13(19)20)7-10(14)15/h2-5,8,10H,1,6-7H2,(H,17,18)(H,19,20). The summed E-state index contributed by atoms with van der Waals surface area (Å²) in [4.78, 5) is 26.6. The van der Waals surface area contributed by atoms with E-state index in [2.05, 4.69) is 11.6 Å². The van der Waals surface area contributed by atoms with E-state index >= 15 is 0 Å². The van der Waals surface area contributed by atoms with Crippen molar-refractivity contribution in [2.24, 2.45) is 0 Å². The fourth-order valence-corrected chi connectivity index (χ4v) is 1.45. The van der Waals surface area contributed by atoms with Gasteiger partial charge in [0.2, 0.25) is 6.43 Å². The van der Waals surface area contributed by atoms with E-state index in [0.29, 0.717) is 0 Å². The third-order valence-corrected chi connectivity index (χ3v) is 2.36. The molecule has 0 fully saturated rings. The number of rotatable bonds is 8. The molecule has 1 aromatic heterocycles. The summed E-state index contributed by atoms with van der Waals surface area (Å²) in [6, 6.07) is 1.27. The van der Waals surface area contributed by atoms with Gasteiger partial charge in [-0.2, -0.15) is 0 Å². The average molecular weight is 300 g/mol. The highest BCUT2D eigenvalue weighted by molar-refractivity contribution is 5.97. The lowest BCUT2D eigenvalue weighted by Crippen LogP contribution is -2.42. The molecular formula is C13H14F2N2O4. The topological polar surface area (TPSA) is 88.5 Å². The molecule has 1 heterocycles. The predicted octanol–water partition coefficient (Wildman–Crippen LogP) is 1.48. The smallest absolute Gasteiger partial charge is 0.326 e. The lowest BCUT2D eigenvalue weighted by Gasteiger charge is -2.15. The third-order valence-electron chi connectivity index (χ3n) is 2.36. The summed E-state index contributed by atoms with van der Waals surface area (Å²) >= 11 is 0. The van der Waals surface area contributed by atoms with Gasteiger partial charge in [0.25, 0.3) is 5.91 Å². The maximum atomic E-state index is 12.3. The number of ether oxygens (including phenoxy) is 1. The predicted molar refractivity (Wildman–Crippen MR) is 69.4 cm³/mol. The SMILES string of the molecule is C=CCOc1cccnc1C(=O)NC(CC(F)F)C(=O)O. The Balaban J connectivity index is 2.87. The number of carboxylic acid groups (broad SMARTS) is 1. The van der Waals surface area contributed by atoms with Crippen molar-refractivity contribution in [3.8, 4) is 5.75 Å². The monoisotopic (exact) mass is 300 g/mol. The van der Waals surface area contributed by atoms with Crippen LogP contribution in [0.5, 0.6) is 5.75 Å². The van der Waals surface area contributed by atoms with Gasteiger partial charge < -0.3 is 15.2 Å². The Bertz CT molecular complexity index is 523. The molecule has 1 atom stereocenters. The molecule has 6 nitrogen and oxygen atoms in total. The van der Waals surface area contributed by atoms with Gasteiger partial charge in [0, 0.05) is 12.6 Å². The van der Waals surface area contributed by atoms with Crippen molar-refractivity contribution in [1.29, 1.82) is 0 Å². The van der Waals surface area contributed by atoms with Crippen LogP contribution < -0.4 is 10.1 Å². The molecule has 0 spiro atoms. The molecule has 0 aliphatic heterocycles. The van der Waals surface area contributed by atoms with E-state index < -0.39 is 30.8 Å². The van der Waals surface area contributed by atoms with Crippen molar-refractivity contribution >= 4 is 11.9 Å². The quantitative estimate of drug-likeness (QED) is 0.710. The van der Waals surface area contributed by atoms with E-state index in [4.69, 9.17) is 9.84 Å². The summed E-state index contributed by atoms with van der Waals surface area (Å²) in [6.45, 7) is 3.56. The number of amides is 1. The van der Waals surface area contributed by atoms with Gasteiger partial charge >= 0.3 is 5.97 Å². The summed E-state index contributed by atoms with van der Waals surface area (Å²) in [6.07, 6.45) is -1.09. The van der Waals surface area contributed by atoms with Gasteiger partial charge in [0.1, 0.15) is 12.6 Å². The summed E-state index contributed by atoms with van der Waals surface area (Å²) in [5.74, 6) is -2.34. The number of carbonyl (C=O) groups excluding carboxylic acids is 1. The van der Waals surface area contributed by atoms with Gasteiger partial charge in [0.05, 0.1) is 0 Å². The molecule has 0 bridgehead atoms. The molecule has 0 aliphatic rings. The third kappa shape index (κ3) is 5.17. The molecule has 8 heteroatoms. The maximum absolute atomic E-state index is 12.3. The average Bonchev–Trinajstić information content (AvgIpc) is 2.44. The van der Waals surface area contributed by atoms with Crippen LogP contribution in [-0.2, 0) is 4.79 Å². The first kappa shape index (κ1) is 16.5. The Morgan fingerprint density at radius 2 is 2.24 bits per heavy atom. The lowest BCUT2D eigenvalue weighted by atomic mass is 10.2. The van der Waals surface area contributed by atoms with Crippen LogP contribution in [0.15, 0.2) is 31.0 Å². The number of carboxylic acids is 1. The van der Waals surface area contributed by atoms with Gasteiger partial charge in [-0.25, -0.2) is 18.6 Å². The fourth-order valence-electron chi connectivity index (χ4n) is 1.45. The second-order valence-corrected chi connectivity index (χ2v) is 3.94. The number of carbonyl (C=O) groups is 2. The largest absolute Gasteiger partial charge is 0.487 e. The van der Waals surface area contributed by atoms with E-state index in [-0.39, 0.29) is 18.1 Å². The summed E-state index contributed by atoms with van der Waals surface area (Å²) in [5, 5.41) is 10.8. The molecule has 21 heavy (non-hydrogen) atoms. The first-order valence-electron chi connectivity index (χ1n) is 5.96. The van der Waals surface area contributed by atoms with Crippen molar-refractivity contribution in [2.45, 2.75) is 18.9 Å². The minimum atomic E-state index is -2.85. The zero-order valence-electron chi connectivity index (χ0n) is 11.0. The number of aliphatic carboxylic acids is 1. The number of nitrogens with one attached hydrogen (secondary N) is 1. The molecule has 0 saturated carbocycles. The molecule has 1 aromatic rings. The molecule has 2 N–H and O–H groups in total. The van der Waals surface area contributed by atoms with E-state index in [1.807, 2.05) is 5.32 Å². The number of nitrogens with zero attached hydrogens (tertiary/aromatic N) is 1. The maximum Gasteiger partial charge on any atom is 0.326 e. The number of pyridine rings is 1. The Kier molecular flexibility index (Phi) is 6.25. The highest BCUT2D eigenvalue weighted by atomic mass is 19.3. The Labute approximate surface area is 119 Å². The van der Waals surface area contributed by atoms with Crippen molar-refractivity contribution in [3.63, 3.8) is 0 Å². The molecule has 0 saturated heterocycles. The van der Waals surface area contributed by atoms with Crippen molar-refractivity contribution < 1.29 is 28.2 Å². The second-order valence-electron chi connectivity index (χ2n) is 3.94.